The van der Waals surface area contributed by atoms with Crippen molar-refractivity contribution in [1.82, 2.24) is 0 Å². The maximum absolute atomic E-state index is 11.7. The molecule has 24 heavy (non-hydrogen) atoms. The fourth-order valence-electron chi connectivity index (χ4n) is 3.35. The number of esters is 1. The number of rotatable bonds is 4. The molecule has 1 aromatic heterocycles. The standard InChI is InChI=1S/C19H24O4Si/c1-5-21-19(20)15-8-9-18(22-15)23-16-12-17-14(11-13(16)2)7-6-10-24(17,3)4/h8-9,11-12H,5-7,10H2,1-4H3/q-1. The molecule has 0 unspecified atom stereocenters. The van der Waals surface area contributed by atoms with Crippen molar-refractivity contribution in [1.29, 1.82) is 0 Å². The predicted molar refractivity (Wildman–Crippen MR) is 96.2 cm³/mol. The van der Waals surface area contributed by atoms with Gasteiger partial charge in [-0.25, -0.2) is 4.79 Å². The Balaban J connectivity index is 1.87. The van der Waals surface area contributed by atoms with Crippen LogP contribution in [0.5, 0.6) is 11.7 Å². The Morgan fingerprint density at radius 1 is 1.29 bits per heavy atom. The number of aryl methyl sites for hydroxylation is 2. The van der Waals surface area contributed by atoms with Crippen molar-refractivity contribution < 1.29 is 18.7 Å². The normalized spacial score (nSPS) is 15.7. The van der Waals surface area contributed by atoms with E-state index in [0.29, 0.717) is 12.6 Å². The molecule has 3 rings (SSSR count). The molecule has 129 valence electrons. The Morgan fingerprint density at radius 3 is 2.83 bits per heavy atom. The average Bonchev–Trinajstić information content (AvgIpc) is 2.97. The van der Waals surface area contributed by atoms with E-state index in [-0.39, 0.29) is 5.76 Å². The van der Waals surface area contributed by atoms with E-state index in [1.165, 1.54) is 23.2 Å². The molecule has 0 saturated carbocycles. The molecule has 4 nitrogen and oxygen atoms in total. The Morgan fingerprint density at radius 2 is 2.08 bits per heavy atom. The third kappa shape index (κ3) is 3.26. The summed E-state index contributed by atoms with van der Waals surface area (Å²) >= 11 is 0. The van der Waals surface area contributed by atoms with Gasteiger partial charge in [0, 0.05) is 6.07 Å². The maximum Gasteiger partial charge on any atom is 0.374 e. The van der Waals surface area contributed by atoms with Gasteiger partial charge in [0.1, 0.15) is 5.75 Å². The van der Waals surface area contributed by atoms with Gasteiger partial charge in [-0.15, -0.1) is 8.07 Å². The molecule has 0 spiro atoms. The summed E-state index contributed by atoms with van der Waals surface area (Å²) in [5.41, 5.74) is 2.56. The first kappa shape index (κ1) is 16.8. The molecule has 0 amide bonds. The van der Waals surface area contributed by atoms with Gasteiger partial charge in [0.15, 0.2) is 0 Å². The molecule has 1 aliphatic rings. The van der Waals surface area contributed by atoms with E-state index in [4.69, 9.17) is 13.9 Å². The van der Waals surface area contributed by atoms with Crippen LogP contribution in [0.15, 0.2) is 28.7 Å². The summed E-state index contributed by atoms with van der Waals surface area (Å²) in [4.78, 5) is 11.7. The molecule has 2 heterocycles. The number of fused-ring (bicyclic) bond motifs is 1. The van der Waals surface area contributed by atoms with Crippen LogP contribution in [0.4, 0.5) is 0 Å². The lowest BCUT2D eigenvalue weighted by Gasteiger charge is -2.41. The summed E-state index contributed by atoms with van der Waals surface area (Å²) in [5, 5.41) is 1.48. The van der Waals surface area contributed by atoms with Gasteiger partial charge in [0.25, 0.3) is 5.95 Å². The van der Waals surface area contributed by atoms with Gasteiger partial charge in [0.2, 0.25) is 5.76 Å². The molecule has 0 N–H and O–H groups in total. The average molecular weight is 344 g/mol. The Kier molecular flexibility index (Phi) is 4.54. The Labute approximate surface area is 143 Å². The monoisotopic (exact) mass is 344 g/mol. The Bertz CT molecular complexity index is 761. The molecule has 0 fully saturated rings. The van der Waals surface area contributed by atoms with Crippen LogP contribution in [0, 0.1) is 6.92 Å². The summed E-state index contributed by atoms with van der Waals surface area (Å²) in [5.74, 6) is 0.817. The Hall–Kier alpha value is -2.01. The van der Waals surface area contributed by atoms with E-state index in [2.05, 4.69) is 25.2 Å². The van der Waals surface area contributed by atoms with Gasteiger partial charge in [-0.3, -0.25) is 0 Å². The van der Waals surface area contributed by atoms with Crippen molar-refractivity contribution in [3.8, 4) is 11.7 Å². The van der Waals surface area contributed by atoms with E-state index in [0.717, 1.165) is 17.7 Å². The number of hydrogen-bond acceptors (Lipinski definition) is 4. The molecule has 1 aromatic carbocycles. The molecule has 0 radical (unpaired) electrons. The molecule has 0 atom stereocenters. The smallest absolute Gasteiger partial charge is 0.374 e. The highest BCUT2D eigenvalue weighted by Gasteiger charge is 2.21. The maximum atomic E-state index is 11.7. The summed E-state index contributed by atoms with van der Waals surface area (Å²) in [6.07, 6.45) is 2.44. The van der Waals surface area contributed by atoms with Crippen LogP contribution in [0.3, 0.4) is 0 Å². The second-order valence-electron chi connectivity index (χ2n) is 6.95. The quantitative estimate of drug-likeness (QED) is 0.608. The fraction of sp³-hybridized carbons (Fsp3) is 0.421. The zero-order valence-corrected chi connectivity index (χ0v) is 15.8. The summed E-state index contributed by atoms with van der Waals surface area (Å²) in [6, 6.07) is 8.99. The van der Waals surface area contributed by atoms with Crippen molar-refractivity contribution in [2.75, 3.05) is 6.61 Å². The van der Waals surface area contributed by atoms with Gasteiger partial charge >= 0.3 is 5.97 Å². The van der Waals surface area contributed by atoms with E-state index in [1.54, 1.807) is 19.1 Å². The minimum atomic E-state index is -1.39. The second kappa shape index (κ2) is 6.47. The lowest BCUT2D eigenvalue weighted by atomic mass is 10.1. The lowest BCUT2D eigenvalue weighted by molar-refractivity contribution is 0.0485. The first-order chi connectivity index (χ1) is 11.4. The van der Waals surface area contributed by atoms with Crippen molar-refractivity contribution in [2.24, 2.45) is 0 Å². The molecule has 0 aliphatic carbocycles. The van der Waals surface area contributed by atoms with Crippen LogP contribution in [0.2, 0.25) is 19.1 Å². The lowest BCUT2D eigenvalue weighted by Crippen LogP contribution is -2.46. The summed E-state index contributed by atoms with van der Waals surface area (Å²) < 4.78 is 16.3. The van der Waals surface area contributed by atoms with Crippen molar-refractivity contribution in [2.45, 2.75) is 45.8 Å². The minimum Gasteiger partial charge on any atom is -0.460 e. The summed E-state index contributed by atoms with van der Waals surface area (Å²) in [7, 11) is -1.39. The molecular weight excluding hydrogens is 320 g/mol. The SMILES string of the molecule is CCOC(=O)c1ccc(Oc2cc3c(cc2C)CCC[Si-]3(C)C)o1. The van der Waals surface area contributed by atoms with Crippen molar-refractivity contribution in [3.05, 3.63) is 41.2 Å². The highest BCUT2D eigenvalue weighted by Crippen LogP contribution is 2.31. The van der Waals surface area contributed by atoms with Crippen LogP contribution in [0.25, 0.3) is 0 Å². The molecule has 2 aromatic rings. The number of carbonyl (C=O) groups excluding carboxylic acids is 1. The van der Waals surface area contributed by atoms with Crippen LogP contribution >= 0.6 is 0 Å². The van der Waals surface area contributed by atoms with Crippen LogP contribution in [0.1, 0.15) is 35.0 Å². The molecule has 0 saturated heterocycles. The molecule has 0 bridgehead atoms. The topological polar surface area (TPSA) is 48.7 Å². The van der Waals surface area contributed by atoms with Gasteiger partial charge in [0.05, 0.1) is 6.61 Å². The van der Waals surface area contributed by atoms with E-state index < -0.39 is 14.0 Å². The highest BCUT2D eigenvalue weighted by molar-refractivity contribution is 6.90. The van der Waals surface area contributed by atoms with E-state index in [9.17, 15) is 4.79 Å². The zero-order valence-electron chi connectivity index (χ0n) is 14.8. The third-order valence-corrected chi connectivity index (χ3v) is 8.17. The number of hydrogen-bond donors (Lipinski definition) is 0. The van der Waals surface area contributed by atoms with Gasteiger partial charge in [-0.1, -0.05) is 18.1 Å². The van der Waals surface area contributed by atoms with Gasteiger partial charge in [-0.2, -0.15) is 24.3 Å². The molecule has 1 aliphatic heterocycles. The minimum absolute atomic E-state index is 0.164. The number of benzene rings is 1. The first-order valence-electron chi connectivity index (χ1n) is 8.49. The van der Waals surface area contributed by atoms with E-state index in [1.807, 2.05) is 6.92 Å². The predicted octanol–water partition coefficient (Wildman–Crippen LogP) is 4.42. The van der Waals surface area contributed by atoms with Gasteiger partial charge in [-0.05, 0) is 38.0 Å². The van der Waals surface area contributed by atoms with Crippen molar-refractivity contribution in [3.63, 3.8) is 0 Å². The fourth-order valence-corrected chi connectivity index (χ4v) is 6.26. The zero-order chi connectivity index (χ0) is 17.3. The second-order valence-corrected chi connectivity index (χ2v) is 11.8. The van der Waals surface area contributed by atoms with Crippen molar-refractivity contribution >= 4 is 19.2 Å². The van der Waals surface area contributed by atoms with Gasteiger partial charge < -0.3 is 13.9 Å². The summed E-state index contributed by atoms with van der Waals surface area (Å²) in [6.45, 7) is 8.96. The molecule has 5 heteroatoms. The first-order valence-corrected chi connectivity index (χ1v) is 11.7. The van der Waals surface area contributed by atoms with Crippen LogP contribution in [-0.2, 0) is 11.2 Å². The highest BCUT2D eigenvalue weighted by atomic mass is 28.3. The van der Waals surface area contributed by atoms with Crippen LogP contribution in [-0.4, -0.2) is 20.7 Å². The third-order valence-electron chi connectivity index (χ3n) is 4.65. The van der Waals surface area contributed by atoms with Crippen LogP contribution < -0.4 is 9.92 Å². The van der Waals surface area contributed by atoms with E-state index >= 15 is 0 Å². The number of ether oxygens (including phenoxy) is 2. The largest absolute Gasteiger partial charge is 0.460 e. The number of furan rings is 1. The number of carbonyl (C=O) groups is 1. The molecular formula is C19H24O4Si-.